The van der Waals surface area contributed by atoms with Crippen LogP contribution >= 0.6 is 0 Å². The second kappa shape index (κ2) is 8.25. The zero-order valence-corrected chi connectivity index (χ0v) is 16.3. The summed E-state index contributed by atoms with van der Waals surface area (Å²) in [6.07, 6.45) is 2.98. The van der Waals surface area contributed by atoms with Crippen molar-refractivity contribution in [2.24, 2.45) is 0 Å². The number of piperazine rings is 1. The number of aromatic nitrogens is 1. The number of nitrogens with zero attached hydrogens (tertiary/aromatic N) is 3. The predicted octanol–water partition coefficient (Wildman–Crippen LogP) is 2.06. The van der Waals surface area contributed by atoms with E-state index < -0.39 is 0 Å². The first-order valence-corrected chi connectivity index (χ1v) is 9.38. The number of aryl methyl sites for hydroxylation is 1. The minimum absolute atomic E-state index is 0.140. The lowest BCUT2D eigenvalue weighted by molar-refractivity contribution is -0.128. The van der Waals surface area contributed by atoms with Crippen molar-refractivity contribution in [3.8, 4) is 0 Å². The molecule has 1 aromatic heterocycles. The quantitative estimate of drug-likeness (QED) is 0.764. The van der Waals surface area contributed by atoms with E-state index in [1.54, 1.807) is 32.7 Å². The molecule has 2 amide bonds. The minimum Gasteiger partial charge on any atom is -0.335 e. The first-order chi connectivity index (χ1) is 13.4. The average Bonchev–Trinajstić information content (AvgIpc) is 2.68. The zero-order valence-electron chi connectivity index (χ0n) is 16.3. The molecule has 1 fully saturated rings. The van der Waals surface area contributed by atoms with Gasteiger partial charge in [0, 0.05) is 31.9 Å². The van der Waals surface area contributed by atoms with Gasteiger partial charge in [0.1, 0.15) is 5.56 Å². The summed E-state index contributed by atoms with van der Waals surface area (Å²) >= 11 is 0. The molecule has 6 heteroatoms. The molecule has 2 aromatic rings. The van der Waals surface area contributed by atoms with E-state index in [0.29, 0.717) is 26.2 Å². The molecule has 1 atom stereocenters. The van der Waals surface area contributed by atoms with Gasteiger partial charge in [-0.15, -0.1) is 0 Å². The van der Waals surface area contributed by atoms with E-state index in [1.165, 1.54) is 6.08 Å². The second-order valence-corrected chi connectivity index (χ2v) is 7.18. The van der Waals surface area contributed by atoms with Gasteiger partial charge in [-0.3, -0.25) is 14.4 Å². The Kier molecular flexibility index (Phi) is 5.78. The highest BCUT2D eigenvalue weighted by molar-refractivity contribution is 5.94. The van der Waals surface area contributed by atoms with Gasteiger partial charge in [0.15, 0.2) is 0 Å². The van der Waals surface area contributed by atoms with Crippen LogP contribution in [0, 0.1) is 6.92 Å². The molecule has 0 bridgehead atoms. The first kappa shape index (κ1) is 19.6. The molecule has 0 spiro atoms. The Labute approximate surface area is 164 Å². The molecule has 1 saturated heterocycles. The van der Waals surface area contributed by atoms with E-state index in [1.807, 2.05) is 38.1 Å². The Morgan fingerprint density at radius 2 is 2.00 bits per heavy atom. The van der Waals surface area contributed by atoms with E-state index in [-0.39, 0.29) is 29.0 Å². The standard InChI is InChI=1S/C22H25N3O3/c1-4-20(26)23-11-12-25(17(3)14-23)22(28)19-9-6-10-24(21(19)27)15-18-8-5-7-16(2)13-18/h4-10,13,17H,1,11-12,14-15H2,2-3H3/t17-/m0/s1. The highest BCUT2D eigenvalue weighted by Gasteiger charge is 2.30. The summed E-state index contributed by atoms with van der Waals surface area (Å²) in [7, 11) is 0. The maximum absolute atomic E-state index is 13.0. The number of carbonyl (C=O) groups is 2. The van der Waals surface area contributed by atoms with Crippen LogP contribution in [0.1, 0.15) is 28.4 Å². The number of hydrogen-bond acceptors (Lipinski definition) is 3. The van der Waals surface area contributed by atoms with Crippen molar-refractivity contribution in [3.63, 3.8) is 0 Å². The molecular weight excluding hydrogens is 354 g/mol. The van der Waals surface area contributed by atoms with Crippen LogP contribution in [-0.4, -0.2) is 51.9 Å². The number of rotatable bonds is 4. The van der Waals surface area contributed by atoms with Gasteiger partial charge in [-0.2, -0.15) is 0 Å². The lowest BCUT2D eigenvalue weighted by Crippen LogP contribution is -2.55. The van der Waals surface area contributed by atoms with Crippen LogP contribution in [0.3, 0.4) is 0 Å². The van der Waals surface area contributed by atoms with E-state index in [4.69, 9.17) is 0 Å². The van der Waals surface area contributed by atoms with Gasteiger partial charge in [0.2, 0.25) is 5.91 Å². The molecule has 6 nitrogen and oxygen atoms in total. The topological polar surface area (TPSA) is 62.6 Å². The van der Waals surface area contributed by atoms with Gasteiger partial charge in [-0.25, -0.2) is 0 Å². The summed E-state index contributed by atoms with van der Waals surface area (Å²) in [6.45, 7) is 9.07. The van der Waals surface area contributed by atoms with E-state index in [9.17, 15) is 14.4 Å². The van der Waals surface area contributed by atoms with E-state index >= 15 is 0 Å². The van der Waals surface area contributed by atoms with Crippen molar-refractivity contribution < 1.29 is 9.59 Å². The number of pyridine rings is 1. The summed E-state index contributed by atoms with van der Waals surface area (Å²) in [5, 5.41) is 0. The third-order valence-electron chi connectivity index (χ3n) is 5.06. The lowest BCUT2D eigenvalue weighted by Gasteiger charge is -2.39. The van der Waals surface area contributed by atoms with Gasteiger partial charge >= 0.3 is 0 Å². The Bertz CT molecular complexity index is 963. The Morgan fingerprint density at radius 1 is 1.21 bits per heavy atom. The first-order valence-electron chi connectivity index (χ1n) is 9.38. The van der Waals surface area contributed by atoms with Gasteiger partial charge < -0.3 is 14.4 Å². The Balaban J connectivity index is 1.80. The van der Waals surface area contributed by atoms with Crippen LogP contribution in [0.5, 0.6) is 0 Å². The summed E-state index contributed by atoms with van der Waals surface area (Å²) in [5.41, 5.74) is 1.99. The van der Waals surface area contributed by atoms with Crippen molar-refractivity contribution in [3.05, 3.63) is 82.3 Å². The normalized spacial score (nSPS) is 16.7. The van der Waals surface area contributed by atoms with Crippen molar-refractivity contribution in [2.75, 3.05) is 19.6 Å². The average molecular weight is 379 g/mol. The smallest absolute Gasteiger partial charge is 0.263 e. The van der Waals surface area contributed by atoms with Crippen LogP contribution in [0.25, 0.3) is 0 Å². The molecule has 28 heavy (non-hydrogen) atoms. The molecule has 2 heterocycles. The third kappa shape index (κ3) is 4.06. The molecule has 0 unspecified atom stereocenters. The van der Waals surface area contributed by atoms with Gasteiger partial charge in [-0.1, -0.05) is 36.4 Å². The summed E-state index contributed by atoms with van der Waals surface area (Å²) < 4.78 is 1.56. The maximum atomic E-state index is 13.0. The molecule has 1 aliphatic rings. The fraction of sp³-hybridized carbons (Fsp3) is 0.318. The van der Waals surface area contributed by atoms with Crippen molar-refractivity contribution in [2.45, 2.75) is 26.4 Å². The van der Waals surface area contributed by atoms with Gasteiger partial charge in [0.05, 0.1) is 6.54 Å². The zero-order chi connectivity index (χ0) is 20.3. The number of amides is 2. The maximum Gasteiger partial charge on any atom is 0.263 e. The molecule has 146 valence electrons. The molecule has 0 radical (unpaired) electrons. The number of benzene rings is 1. The highest BCUT2D eigenvalue weighted by Crippen LogP contribution is 2.13. The van der Waals surface area contributed by atoms with Crippen LogP contribution < -0.4 is 5.56 Å². The third-order valence-corrected chi connectivity index (χ3v) is 5.06. The summed E-state index contributed by atoms with van der Waals surface area (Å²) in [4.78, 5) is 41.1. The predicted molar refractivity (Wildman–Crippen MR) is 108 cm³/mol. The van der Waals surface area contributed by atoms with Crippen molar-refractivity contribution >= 4 is 11.8 Å². The highest BCUT2D eigenvalue weighted by atomic mass is 16.2. The fourth-order valence-electron chi connectivity index (χ4n) is 3.57. The summed E-state index contributed by atoms with van der Waals surface area (Å²) in [6, 6.07) is 11.1. The van der Waals surface area contributed by atoms with Crippen molar-refractivity contribution in [1.29, 1.82) is 0 Å². The van der Waals surface area contributed by atoms with E-state index in [2.05, 4.69) is 6.58 Å². The van der Waals surface area contributed by atoms with Crippen molar-refractivity contribution in [1.82, 2.24) is 14.4 Å². The molecule has 3 rings (SSSR count). The van der Waals surface area contributed by atoms with Crippen LogP contribution in [0.15, 0.2) is 60.0 Å². The molecule has 0 aliphatic carbocycles. The lowest BCUT2D eigenvalue weighted by atomic mass is 10.1. The second-order valence-electron chi connectivity index (χ2n) is 7.18. The molecule has 0 N–H and O–H groups in total. The SMILES string of the molecule is C=CC(=O)N1CCN(C(=O)c2cccn(Cc3cccc(C)c3)c2=O)[C@@H](C)C1. The van der Waals surface area contributed by atoms with Gasteiger partial charge in [0.25, 0.3) is 11.5 Å². The minimum atomic E-state index is -0.300. The van der Waals surface area contributed by atoms with Gasteiger partial charge in [-0.05, 0) is 37.6 Å². The van der Waals surface area contributed by atoms with E-state index in [0.717, 1.165) is 11.1 Å². The number of carbonyl (C=O) groups excluding carboxylic acids is 2. The molecule has 0 saturated carbocycles. The molecular formula is C22H25N3O3. The fourth-order valence-corrected chi connectivity index (χ4v) is 3.57. The van der Waals surface area contributed by atoms with Crippen LogP contribution in [0.2, 0.25) is 0 Å². The molecule has 1 aromatic carbocycles. The number of hydrogen-bond donors (Lipinski definition) is 0. The Morgan fingerprint density at radius 3 is 2.68 bits per heavy atom. The van der Waals surface area contributed by atoms with Crippen LogP contribution in [0.4, 0.5) is 0 Å². The molecule has 1 aliphatic heterocycles. The Hall–Kier alpha value is -3.15. The largest absolute Gasteiger partial charge is 0.335 e. The monoisotopic (exact) mass is 379 g/mol. The van der Waals surface area contributed by atoms with Crippen LogP contribution in [-0.2, 0) is 11.3 Å². The summed E-state index contributed by atoms with van der Waals surface area (Å²) in [5.74, 6) is -0.430.